The van der Waals surface area contributed by atoms with Gasteiger partial charge in [-0.2, -0.15) is 13.2 Å². The Morgan fingerprint density at radius 1 is 1.03 bits per heavy atom. The van der Waals surface area contributed by atoms with Crippen molar-refractivity contribution in [3.05, 3.63) is 66.1 Å². The summed E-state index contributed by atoms with van der Waals surface area (Å²) in [5.41, 5.74) is 1.91. The van der Waals surface area contributed by atoms with Gasteiger partial charge in [-0.15, -0.1) is 10.2 Å². The van der Waals surface area contributed by atoms with E-state index in [1.54, 1.807) is 36.4 Å². The van der Waals surface area contributed by atoms with Crippen LogP contribution in [0.1, 0.15) is 11.5 Å². The van der Waals surface area contributed by atoms with E-state index in [2.05, 4.69) is 31.5 Å². The maximum atomic E-state index is 12.5. The number of aliphatic hydroxyl groups is 1. The molecular formula is C24H28F3N5O3. The van der Waals surface area contributed by atoms with Gasteiger partial charge in [-0.1, -0.05) is 30.3 Å². The van der Waals surface area contributed by atoms with Gasteiger partial charge >= 0.3 is 12.1 Å². The highest BCUT2D eigenvalue weighted by molar-refractivity contribution is 5.75. The van der Waals surface area contributed by atoms with Crippen molar-refractivity contribution >= 4 is 12.1 Å². The van der Waals surface area contributed by atoms with Crippen LogP contribution in [-0.4, -0.2) is 77.9 Å². The SMILES string of the molecule is CN1CCN(CCO)CC1.O=CN(Cc1ccc(-c2nnc(C(F)(F)F)o2)cc1)c1ccccc1. The van der Waals surface area contributed by atoms with Crippen LogP contribution in [0.5, 0.6) is 0 Å². The molecule has 0 radical (unpaired) electrons. The summed E-state index contributed by atoms with van der Waals surface area (Å²) < 4.78 is 42.1. The lowest BCUT2D eigenvalue weighted by Gasteiger charge is -2.31. The van der Waals surface area contributed by atoms with Gasteiger partial charge in [-0.3, -0.25) is 9.69 Å². The van der Waals surface area contributed by atoms with Crippen LogP contribution in [0.25, 0.3) is 11.5 Å². The first-order valence-corrected chi connectivity index (χ1v) is 11.1. The molecular weight excluding hydrogens is 463 g/mol. The molecule has 1 aliphatic rings. The number of piperazine rings is 1. The van der Waals surface area contributed by atoms with E-state index in [-0.39, 0.29) is 5.89 Å². The molecule has 3 aromatic rings. The largest absolute Gasteiger partial charge is 0.470 e. The Morgan fingerprint density at radius 3 is 2.23 bits per heavy atom. The Morgan fingerprint density at radius 2 is 1.69 bits per heavy atom. The predicted octanol–water partition coefficient (Wildman–Crippen LogP) is 3.14. The molecule has 1 aliphatic heterocycles. The number of benzene rings is 2. The van der Waals surface area contributed by atoms with Crippen LogP contribution in [0.2, 0.25) is 0 Å². The Balaban J connectivity index is 0.000000287. The predicted molar refractivity (Wildman–Crippen MR) is 124 cm³/mol. The molecule has 1 saturated heterocycles. The Kier molecular flexibility index (Phi) is 9.35. The summed E-state index contributed by atoms with van der Waals surface area (Å²) >= 11 is 0. The van der Waals surface area contributed by atoms with Crippen LogP contribution < -0.4 is 4.90 Å². The highest BCUT2D eigenvalue weighted by atomic mass is 19.4. The van der Waals surface area contributed by atoms with E-state index in [1.165, 1.54) is 4.90 Å². The number of halogens is 3. The molecule has 2 aromatic carbocycles. The number of aliphatic hydroxyl groups excluding tert-OH is 1. The number of carbonyl (C=O) groups is 1. The molecule has 11 heteroatoms. The second-order valence-corrected chi connectivity index (χ2v) is 8.04. The summed E-state index contributed by atoms with van der Waals surface area (Å²) in [6, 6.07) is 15.6. The number of carbonyl (C=O) groups excluding carboxylic acids is 1. The number of rotatable bonds is 7. The van der Waals surface area contributed by atoms with Gasteiger partial charge in [0.05, 0.1) is 13.2 Å². The third-order valence-electron chi connectivity index (χ3n) is 5.45. The van der Waals surface area contributed by atoms with Gasteiger partial charge in [0, 0.05) is 44.0 Å². The third kappa shape index (κ3) is 7.88. The number of anilines is 1. The number of aromatic nitrogens is 2. The van der Waals surface area contributed by atoms with Crippen molar-refractivity contribution in [2.45, 2.75) is 12.7 Å². The average molecular weight is 492 g/mol. The fourth-order valence-corrected chi connectivity index (χ4v) is 3.43. The number of amides is 1. The van der Waals surface area contributed by atoms with E-state index in [0.29, 0.717) is 18.7 Å². The standard InChI is InChI=1S/C17H12F3N3O2.C7H16N2O/c18-17(19,20)16-22-21-15(25-16)13-8-6-12(7-9-13)10-23(11-24)14-4-2-1-3-5-14;1-8-2-4-9(5-3-8)6-7-10/h1-9,11H,10H2;10H,2-7H2,1H3. The maximum absolute atomic E-state index is 12.5. The van der Waals surface area contributed by atoms with E-state index >= 15 is 0 Å². The van der Waals surface area contributed by atoms with E-state index in [9.17, 15) is 18.0 Å². The Hall–Kier alpha value is -3.28. The zero-order valence-electron chi connectivity index (χ0n) is 19.4. The maximum Gasteiger partial charge on any atom is 0.470 e. The molecule has 35 heavy (non-hydrogen) atoms. The van der Waals surface area contributed by atoms with Crippen LogP contribution in [-0.2, 0) is 17.5 Å². The van der Waals surface area contributed by atoms with Gasteiger partial charge in [-0.25, -0.2) is 0 Å². The van der Waals surface area contributed by atoms with Crippen molar-refractivity contribution in [1.29, 1.82) is 0 Å². The number of para-hydroxylation sites is 1. The fourth-order valence-electron chi connectivity index (χ4n) is 3.43. The summed E-state index contributed by atoms with van der Waals surface area (Å²) in [4.78, 5) is 17.4. The van der Waals surface area contributed by atoms with Crippen LogP contribution in [0.15, 0.2) is 59.0 Å². The molecule has 4 rings (SSSR count). The second kappa shape index (κ2) is 12.4. The lowest BCUT2D eigenvalue weighted by atomic mass is 10.1. The quantitative estimate of drug-likeness (QED) is 0.508. The van der Waals surface area contributed by atoms with Gasteiger partial charge in [0.2, 0.25) is 12.3 Å². The summed E-state index contributed by atoms with van der Waals surface area (Å²) in [6.45, 7) is 5.96. The smallest absolute Gasteiger partial charge is 0.413 e. The first-order chi connectivity index (χ1) is 16.8. The van der Waals surface area contributed by atoms with Gasteiger partial charge in [0.15, 0.2) is 0 Å². The van der Waals surface area contributed by atoms with Gasteiger partial charge in [0.1, 0.15) is 0 Å². The molecule has 2 heterocycles. The van der Waals surface area contributed by atoms with Crippen LogP contribution in [0.3, 0.4) is 0 Å². The molecule has 0 unspecified atom stereocenters. The summed E-state index contributed by atoms with van der Waals surface area (Å²) in [5, 5.41) is 15.0. The number of likely N-dealkylation sites (N-methyl/N-ethyl adjacent to an activating group) is 1. The molecule has 1 fully saturated rings. The molecule has 8 nitrogen and oxygen atoms in total. The number of β-amino-alcohol motifs (C(OH)–C–C–N with tert-alkyl or cyclic N) is 1. The minimum Gasteiger partial charge on any atom is -0.413 e. The molecule has 1 aromatic heterocycles. The lowest BCUT2D eigenvalue weighted by Crippen LogP contribution is -2.45. The summed E-state index contributed by atoms with van der Waals surface area (Å²) in [5.74, 6) is -1.60. The summed E-state index contributed by atoms with van der Waals surface area (Å²) in [7, 11) is 2.14. The van der Waals surface area contributed by atoms with Crippen LogP contribution in [0.4, 0.5) is 18.9 Å². The molecule has 0 aliphatic carbocycles. The molecule has 0 bridgehead atoms. The van der Waals surface area contributed by atoms with E-state index in [4.69, 9.17) is 5.11 Å². The number of hydrogen-bond acceptors (Lipinski definition) is 7. The van der Waals surface area contributed by atoms with Crippen LogP contribution >= 0.6 is 0 Å². The zero-order chi connectivity index (χ0) is 25.3. The second-order valence-electron chi connectivity index (χ2n) is 8.04. The number of hydrogen-bond donors (Lipinski definition) is 1. The average Bonchev–Trinajstić information content (AvgIpc) is 3.37. The fraction of sp³-hybridized carbons (Fsp3) is 0.375. The van der Waals surface area contributed by atoms with Gasteiger partial charge in [0.25, 0.3) is 0 Å². The minimum absolute atomic E-state index is 0.214. The molecule has 0 atom stereocenters. The molecule has 1 amide bonds. The summed E-state index contributed by atoms with van der Waals surface area (Å²) in [6.07, 6.45) is -3.96. The van der Waals surface area contributed by atoms with Crippen molar-refractivity contribution < 1.29 is 27.5 Å². The van der Waals surface area contributed by atoms with Gasteiger partial charge < -0.3 is 19.3 Å². The number of alkyl halides is 3. The molecule has 188 valence electrons. The topological polar surface area (TPSA) is 85.9 Å². The number of nitrogens with zero attached hydrogens (tertiary/aromatic N) is 5. The zero-order valence-corrected chi connectivity index (χ0v) is 19.4. The first-order valence-electron chi connectivity index (χ1n) is 11.1. The Labute approximate surface area is 201 Å². The van der Waals surface area contributed by atoms with E-state index < -0.39 is 12.1 Å². The monoisotopic (exact) mass is 491 g/mol. The van der Waals surface area contributed by atoms with E-state index in [1.807, 2.05) is 18.2 Å². The van der Waals surface area contributed by atoms with Crippen molar-refractivity contribution in [2.24, 2.45) is 0 Å². The van der Waals surface area contributed by atoms with Crippen molar-refractivity contribution in [2.75, 3.05) is 51.3 Å². The van der Waals surface area contributed by atoms with E-state index in [0.717, 1.165) is 50.4 Å². The highest BCUT2D eigenvalue weighted by Crippen LogP contribution is 2.30. The van der Waals surface area contributed by atoms with Crippen molar-refractivity contribution in [1.82, 2.24) is 20.0 Å². The first kappa shape index (κ1) is 26.3. The van der Waals surface area contributed by atoms with Crippen molar-refractivity contribution in [3.63, 3.8) is 0 Å². The lowest BCUT2D eigenvalue weighted by molar-refractivity contribution is -0.156. The van der Waals surface area contributed by atoms with Gasteiger partial charge in [-0.05, 0) is 36.9 Å². The normalized spacial score (nSPS) is 14.8. The minimum atomic E-state index is -4.68. The highest BCUT2D eigenvalue weighted by Gasteiger charge is 2.38. The third-order valence-corrected chi connectivity index (χ3v) is 5.45. The molecule has 1 N–H and O–H groups in total. The molecule has 0 spiro atoms. The van der Waals surface area contributed by atoms with Crippen molar-refractivity contribution in [3.8, 4) is 11.5 Å². The Bertz CT molecular complexity index is 1040. The van der Waals surface area contributed by atoms with Crippen LogP contribution in [0, 0.1) is 0 Å². The molecule has 0 saturated carbocycles.